The Morgan fingerprint density at radius 1 is 1.50 bits per heavy atom. The van der Waals surface area contributed by atoms with Crippen molar-refractivity contribution in [2.75, 3.05) is 24.2 Å². The minimum atomic E-state index is 0.0521. The van der Waals surface area contributed by atoms with E-state index in [0.29, 0.717) is 18.9 Å². The molecule has 1 heterocycles. The summed E-state index contributed by atoms with van der Waals surface area (Å²) in [6.45, 7) is 0.524. The first-order valence-electron chi connectivity index (χ1n) is 3.88. The number of nitriles is 1. The van der Waals surface area contributed by atoms with Gasteiger partial charge in [0.2, 0.25) is 17.2 Å². The van der Waals surface area contributed by atoms with Crippen LogP contribution in [0.15, 0.2) is 0 Å². The van der Waals surface area contributed by atoms with E-state index in [0.717, 1.165) is 0 Å². The van der Waals surface area contributed by atoms with Crippen molar-refractivity contribution in [1.29, 1.82) is 5.26 Å². The molecule has 0 radical (unpaired) electrons. The molecule has 2 N–H and O–H groups in total. The lowest BCUT2D eigenvalue weighted by atomic mass is 10.4. The lowest BCUT2D eigenvalue weighted by molar-refractivity contribution is 0.850. The minimum absolute atomic E-state index is 0.0521. The van der Waals surface area contributed by atoms with E-state index in [-0.39, 0.29) is 11.2 Å². The summed E-state index contributed by atoms with van der Waals surface area (Å²) in [5, 5.41) is 8.44. The van der Waals surface area contributed by atoms with Crippen LogP contribution in [0.2, 0.25) is 5.28 Å². The number of aromatic nitrogens is 3. The van der Waals surface area contributed by atoms with Gasteiger partial charge in [-0.2, -0.15) is 20.2 Å². The first-order valence-corrected chi connectivity index (χ1v) is 4.26. The van der Waals surface area contributed by atoms with Crippen molar-refractivity contribution in [1.82, 2.24) is 15.0 Å². The molecule has 0 unspecified atom stereocenters. The normalized spacial score (nSPS) is 9.50. The van der Waals surface area contributed by atoms with E-state index in [2.05, 4.69) is 15.0 Å². The van der Waals surface area contributed by atoms with Crippen LogP contribution in [0.25, 0.3) is 0 Å². The molecule has 1 rings (SSSR count). The molecule has 0 saturated carbocycles. The third kappa shape index (κ3) is 2.71. The average molecular weight is 213 g/mol. The number of halogens is 1. The summed E-state index contributed by atoms with van der Waals surface area (Å²) in [6, 6.07) is 2.02. The largest absolute Gasteiger partial charge is 0.368 e. The van der Waals surface area contributed by atoms with Crippen molar-refractivity contribution in [3.8, 4) is 6.07 Å². The van der Waals surface area contributed by atoms with Gasteiger partial charge in [0.25, 0.3) is 0 Å². The Hall–Kier alpha value is -1.61. The van der Waals surface area contributed by atoms with Crippen LogP contribution >= 0.6 is 11.6 Å². The van der Waals surface area contributed by atoms with Gasteiger partial charge >= 0.3 is 0 Å². The van der Waals surface area contributed by atoms with E-state index in [1.165, 1.54) is 0 Å². The Balaban J connectivity index is 2.79. The summed E-state index contributed by atoms with van der Waals surface area (Å²) in [6.07, 6.45) is 0.389. The molecule has 1 aromatic rings. The number of nitrogen functional groups attached to an aromatic ring is 1. The lowest BCUT2D eigenvalue weighted by Crippen LogP contribution is -2.21. The van der Waals surface area contributed by atoms with Crippen molar-refractivity contribution in [3.05, 3.63) is 5.28 Å². The third-order valence-electron chi connectivity index (χ3n) is 1.51. The summed E-state index contributed by atoms with van der Waals surface area (Å²) in [5.41, 5.74) is 5.39. The van der Waals surface area contributed by atoms with E-state index >= 15 is 0 Å². The van der Waals surface area contributed by atoms with Crippen LogP contribution in [0.4, 0.5) is 11.9 Å². The van der Waals surface area contributed by atoms with E-state index in [1.807, 2.05) is 6.07 Å². The SMILES string of the molecule is CN(CCC#N)c1nc(N)nc(Cl)n1. The number of hydrogen-bond donors (Lipinski definition) is 1. The van der Waals surface area contributed by atoms with Crippen LogP contribution < -0.4 is 10.6 Å². The van der Waals surface area contributed by atoms with Gasteiger partial charge in [0.15, 0.2) is 0 Å². The fourth-order valence-electron chi connectivity index (χ4n) is 0.843. The molecule has 1 aromatic heterocycles. The molecule has 74 valence electrons. The van der Waals surface area contributed by atoms with Crippen LogP contribution in [0, 0.1) is 11.3 Å². The zero-order valence-electron chi connectivity index (χ0n) is 7.61. The molecule has 0 spiro atoms. The van der Waals surface area contributed by atoms with Crippen LogP contribution in [-0.2, 0) is 0 Å². The molecule has 0 fully saturated rings. The molecular formula is C7H9ClN6. The van der Waals surface area contributed by atoms with Gasteiger partial charge in [0.05, 0.1) is 12.5 Å². The van der Waals surface area contributed by atoms with Gasteiger partial charge in [0.1, 0.15) is 0 Å². The molecule has 14 heavy (non-hydrogen) atoms. The summed E-state index contributed by atoms with van der Waals surface area (Å²) in [4.78, 5) is 13.1. The van der Waals surface area contributed by atoms with Gasteiger partial charge in [-0.05, 0) is 11.6 Å². The average Bonchev–Trinajstić information content (AvgIpc) is 2.12. The second kappa shape index (κ2) is 4.58. The second-order valence-electron chi connectivity index (χ2n) is 2.59. The fourth-order valence-corrected chi connectivity index (χ4v) is 1.01. The molecule has 0 saturated heterocycles. The molecule has 0 bridgehead atoms. The number of anilines is 2. The summed E-state index contributed by atoms with van der Waals surface area (Å²) in [7, 11) is 1.75. The van der Waals surface area contributed by atoms with Crippen molar-refractivity contribution in [2.24, 2.45) is 0 Å². The Bertz CT molecular complexity index is 339. The smallest absolute Gasteiger partial charge is 0.231 e. The van der Waals surface area contributed by atoms with Gasteiger partial charge in [-0.1, -0.05) is 0 Å². The molecule has 0 aliphatic carbocycles. The van der Waals surface area contributed by atoms with Crippen LogP contribution in [-0.4, -0.2) is 28.5 Å². The monoisotopic (exact) mass is 212 g/mol. The molecule has 0 aliphatic heterocycles. The molecule has 0 amide bonds. The van der Waals surface area contributed by atoms with E-state index < -0.39 is 0 Å². The van der Waals surface area contributed by atoms with Gasteiger partial charge in [0, 0.05) is 13.6 Å². The first-order chi connectivity index (χ1) is 6.63. The van der Waals surface area contributed by atoms with Crippen molar-refractivity contribution in [2.45, 2.75) is 6.42 Å². The predicted molar refractivity (Wildman–Crippen MR) is 52.7 cm³/mol. The van der Waals surface area contributed by atoms with Gasteiger partial charge in [-0.25, -0.2) is 0 Å². The number of nitrogens with two attached hydrogens (primary N) is 1. The number of rotatable bonds is 3. The highest BCUT2D eigenvalue weighted by atomic mass is 35.5. The third-order valence-corrected chi connectivity index (χ3v) is 1.68. The Kier molecular flexibility index (Phi) is 3.42. The van der Waals surface area contributed by atoms with Crippen molar-refractivity contribution < 1.29 is 0 Å². The molecule has 7 heteroatoms. The molecular weight excluding hydrogens is 204 g/mol. The van der Waals surface area contributed by atoms with E-state index in [4.69, 9.17) is 22.6 Å². The predicted octanol–water partition coefficient (Wildman–Crippen LogP) is 0.457. The molecule has 0 atom stereocenters. The lowest BCUT2D eigenvalue weighted by Gasteiger charge is -2.14. The summed E-state index contributed by atoms with van der Waals surface area (Å²) < 4.78 is 0. The maximum atomic E-state index is 8.39. The summed E-state index contributed by atoms with van der Waals surface area (Å²) in [5.74, 6) is 0.446. The van der Waals surface area contributed by atoms with E-state index in [1.54, 1.807) is 11.9 Å². The molecule has 0 aromatic carbocycles. The highest BCUT2D eigenvalue weighted by molar-refractivity contribution is 6.28. The zero-order valence-corrected chi connectivity index (χ0v) is 8.36. The maximum absolute atomic E-state index is 8.39. The highest BCUT2D eigenvalue weighted by Crippen LogP contribution is 2.10. The number of hydrogen-bond acceptors (Lipinski definition) is 6. The van der Waals surface area contributed by atoms with Crippen LogP contribution in [0.3, 0.4) is 0 Å². The topological polar surface area (TPSA) is 91.7 Å². The minimum Gasteiger partial charge on any atom is -0.368 e. The fraction of sp³-hybridized carbons (Fsp3) is 0.429. The Morgan fingerprint density at radius 2 is 2.21 bits per heavy atom. The highest BCUT2D eigenvalue weighted by Gasteiger charge is 2.06. The first kappa shape index (κ1) is 10.5. The second-order valence-corrected chi connectivity index (χ2v) is 2.93. The molecule has 6 nitrogen and oxygen atoms in total. The Morgan fingerprint density at radius 3 is 2.79 bits per heavy atom. The van der Waals surface area contributed by atoms with Crippen molar-refractivity contribution in [3.63, 3.8) is 0 Å². The zero-order chi connectivity index (χ0) is 10.6. The van der Waals surface area contributed by atoms with E-state index in [9.17, 15) is 0 Å². The standard InChI is InChI=1S/C7H9ClN6/c1-14(4-2-3-9)7-12-5(8)11-6(10)13-7/h2,4H2,1H3,(H2,10,11,12,13). The van der Waals surface area contributed by atoms with Gasteiger partial charge in [-0.3, -0.25) is 0 Å². The maximum Gasteiger partial charge on any atom is 0.231 e. The van der Waals surface area contributed by atoms with Gasteiger partial charge < -0.3 is 10.6 Å². The Labute approximate surface area is 86.3 Å². The molecule has 0 aliphatic rings. The van der Waals surface area contributed by atoms with Crippen molar-refractivity contribution >= 4 is 23.5 Å². The number of nitrogens with zero attached hydrogens (tertiary/aromatic N) is 5. The van der Waals surface area contributed by atoms with Gasteiger partial charge in [-0.15, -0.1) is 0 Å². The van der Waals surface area contributed by atoms with Crippen LogP contribution in [0.5, 0.6) is 0 Å². The summed E-state index contributed by atoms with van der Waals surface area (Å²) >= 11 is 5.59. The van der Waals surface area contributed by atoms with Crippen LogP contribution in [0.1, 0.15) is 6.42 Å². The quantitative estimate of drug-likeness (QED) is 0.783.